The molecular formula is C8H11NO. The fourth-order valence-electron chi connectivity index (χ4n) is 1.99. The second-order valence-corrected chi connectivity index (χ2v) is 3.15. The number of carbonyl (C=O) groups is 1. The van der Waals surface area contributed by atoms with Gasteiger partial charge in [-0.1, -0.05) is 12.2 Å². The number of ketones is 1. The third-order valence-electron chi connectivity index (χ3n) is 2.61. The molecule has 2 aliphatic rings. The average Bonchev–Trinajstić information content (AvgIpc) is 2.46. The Bertz CT molecular complexity index is 197. The molecule has 0 amide bonds. The zero-order chi connectivity index (χ0) is 7.14. The predicted molar refractivity (Wildman–Crippen MR) is 38.3 cm³/mol. The van der Waals surface area contributed by atoms with Gasteiger partial charge in [-0.3, -0.25) is 4.79 Å². The molecule has 2 bridgehead atoms. The Morgan fingerprint density at radius 3 is 2.70 bits per heavy atom. The zero-order valence-corrected chi connectivity index (χ0v) is 5.79. The lowest BCUT2D eigenvalue weighted by atomic mass is 9.94. The minimum atomic E-state index is 0.176. The van der Waals surface area contributed by atoms with Crippen LogP contribution in [0.3, 0.4) is 0 Å². The van der Waals surface area contributed by atoms with Gasteiger partial charge in [0, 0.05) is 11.8 Å². The first-order valence-electron chi connectivity index (χ1n) is 3.75. The van der Waals surface area contributed by atoms with Gasteiger partial charge in [0.05, 0.1) is 0 Å². The molecule has 2 heteroatoms. The van der Waals surface area contributed by atoms with E-state index < -0.39 is 0 Å². The van der Waals surface area contributed by atoms with Crippen LogP contribution in [0.2, 0.25) is 0 Å². The molecule has 0 aliphatic heterocycles. The lowest BCUT2D eigenvalue weighted by Gasteiger charge is -2.12. The van der Waals surface area contributed by atoms with Crippen LogP contribution in [-0.4, -0.2) is 12.3 Å². The quantitative estimate of drug-likeness (QED) is 0.529. The van der Waals surface area contributed by atoms with Crippen molar-refractivity contribution in [2.75, 3.05) is 6.54 Å². The van der Waals surface area contributed by atoms with E-state index in [4.69, 9.17) is 5.73 Å². The maximum atomic E-state index is 11.2. The molecule has 0 spiro atoms. The minimum Gasteiger partial charge on any atom is -0.330 e. The Hall–Kier alpha value is -0.630. The summed E-state index contributed by atoms with van der Waals surface area (Å²) in [6.45, 7) is 0.664. The summed E-state index contributed by atoms with van der Waals surface area (Å²) in [7, 11) is 0. The number of fused-ring (bicyclic) bond motifs is 2. The summed E-state index contributed by atoms with van der Waals surface area (Å²) in [4.78, 5) is 11.2. The van der Waals surface area contributed by atoms with E-state index in [1.807, 2.05) is 12.2 Å². The van der Waals surface area contributed by atoms with Crippen LogP contribution in [0.5, 0.6) is 0 Å². The molecule has 0 unspecified atom stereocenters. The lowest BCUT2D eigenvalue weighted by molar-refractivity contribution is -0.121. The predicted octanol–water partition coefficient (Wildman–Crippen LogP) is 0.336. The van der Waals surface area contributed by atoms with Gasteiger partial charge in [0.15, 0.2) is 0 Å². The second kappa shape index (κ2) is 1.92. The smallest absolute Gasteiger partial charge is 0.146 e. The second-order valence-electron chi connectivity index (χ2n) is 3.15. The first-order valence-corrected chi connectivity index (χ1v) is 3.75. The third kappa shape index (κ3) is 0.598. The first kappa shape index (κ1) is 6.10. The Balaban J connectivity index is 2.23. The molecule has 1 fully saturated rings. The topological polar surface area (TPSA) is 43.1 Å². The van der Waals surface area contributed by atoms with E-state index in [-0.39, 0.29) is 11.8 Å². The molecule has 2 nitrogen and oxygen atoms in total. The summed E-state index contributed by atoms with van der Waals surface area (Å²) >= 11 is 0. The van der Waals surface area contributed by atoms with Crippen molar-refractivity contribution in [1.29, 1.82) is 0 Å². The number of rotatable bonds is 1. The van der Waals surface area contributed by atoms with Gasteiger partial charge < -0.3 is 5.73 Å². The fourth-order valence-corrected chi connectivity index (χ4v) is 1.99. The number of allylic oxidation sites excluding steroid dienone is 2. The average molecular weight is 137 g/mol. The summed E-state index contributed by atoms with van der Waals surface area (Å²) < 4.78 is 0. The molecule has 0 aromatic heterocycles. The molecule has 1 saturated carbocycles. The summed E-state index contributed by atoms with van der Waals surface area (Å²) in [5.41, 5.74) is 5.50. The van der Waals surface area contributed by atoms with E-state index >= 15 is 0 Å². The fraction of sp³-hybridized carbons (Fsp3) is 0.625. The molecule has 3 atom stereocenters. The van der Waals surface area contributed by atoms with Crippen LogP contribution in [0.25, 0.3) is 0 Å². The molecule has 0 saturated heterocycles. The van der Waals surface area contributed by atoms with Crippen LogP contribution >= 0.6 is 0 Å². The van der Waals surface area contributed by atoms with Crippen molar-refractivity contribution in [3.05, 3.63) is 12.2 Å². The van der Waals surface area contributed by atoms with E-state index in [0.29, 0.717) is 18.2 Å². The highest BCUT2D eigenvalue weighted by Gasteiger charge is 2.42. The van der Waals surface area contributed by atoms with Crippen LogP contribution in [0, 0.1) is 17.8 Å². The summed E-state index contributed by atoms with van der Waals surface area (Å²) in [5.74, 6) is 1.24. The van der Waals surface area contributed by atoms with Gasteiger partial charge in [0.25, 0.3) is 0 Å². The Labute approximate surface area is 60.1 Å². The lowest BCUT2D eigenvalue weighted by Crippen LogP contribution is -2.19. The highest BCUT2D eigenvalue weighted by molar-refractivity contribution is 5.91. The third-order valence-corrected chi connectivity index (χ3v) is 2.61. The SMILES string of the molecule is NC[C@@H]1C[C@H]2C=C[C@H]1C2=O. The Kier molecular flexibility index (Phi) is 1.17. The molecule has 0 radical (unpaired) electrons. The molecule has 0 aromatic rings. The van der Waals surface area contributed by atoms with Crippen LogP contribution in [0.15, 0.2) is 12.2 Å². The van der Waals surface area contributed by atoms with Gasteiger partial charge in [-0.15, -0.1) is 0 Å². The highest BCUT2D eigenvalue weighted by atomic mass is 16.1. The number of Topliss-reactive ketones (excluding diaryl/α,β-unsaturated/α-hetero) is 1. The van der Waals surface area contributed by atoms with Gasteiger partial charge in [-0.2, -0.15) is 0 Å². The standard InChI is InChI=1S/C8H11NO/c9-4-6-3-5-1-2-7(6)8(5)10/h1-2,5-7H,3-4,9H2/t5-,6+,7-/m1/s1. The number of nitrogens with two attached hydrogens (primary N) is 1. The highest BCUT2D eigenvalue weighted by Crippen LogP contribution is 2.39. The normalized spacial score (nSPS) is 43.3. The van der Waals surface area contributed by atoms with Gasteiger partial charge >= 0.3 is 0 Å². The van der Waals surface area contributed by atoms with Gasteiger partial charge in [0.2, 0.25) is 0 Å². The Morgan fingerprint density at radius 1 is 1.60 bits per heavy atom. The van der Waals surface area contributed by atoms with Gasteiger partial charge in [-0.05, 0) is 18.9 Å². The van der Waals surface area contributed by atoms with Crippen LogP contribution in [0.4, 0.5) is 0 Å². The van der Waals surface area contributed by atoms with Crippen molar-refractivity contribution >= 4 is 5.78 Å². The zero-order valence-electron chi connectivity index (χ0n) is 5.79. The maximum absolute atomic E-state index is 11.2. The molecular weight excluding hydrogens is 126 g/mol. The van der Waals surface area contributed by atoms with E-state index in [1.165, 1.54) is 0 Å². The van der Waals surface area contributed by atoms with Crippen molar-refractivity contribution in [2.45, 2.75) is 6.42 Å². The van der Waals surface area contributed by atoms with E-state index in [1.54, 1.807) is 0 Å². The van der Waals surface area contributed by atoms with E-state index in [9.17, 15) is 4.79 Å². The van der Waals surface area contributed by atoms with Crippen LogP contribution in [0.1, 0.15) is 6.42 Å². The van der Waals surface area contributed by atoms with Crippen molar-refractivity contribution in [3.8, 4) is 0 Å². The molecule has 2 rings (SSSR count). The summed E-state index contributed by atoms with van der Waals surface area (Å²) in [5, 5.41) is 0. The van der Waals surface area contributed by atoms with Crippen molar-refractivity contribution in [1.82, 2.24) is 0 Å². The molecule has 0 heterocycles. The molecule has 2 aliphatic carbocycles. The maximum Gasteiger partial charge on any atom is 0.146 e. The number of carbonyl (C=O) groups excluding carboxylic acids is 1. The molecule has 2 N–H and O–H groups in total. The van der Waals surface area contributed by atoms with Gasteiger partial charge in [0.1, 0.15) is 5.78 Å². The largest absolute Gasteiger partial charge is 0.330 e. The minimum absolute atomic E-state index is 0.176. The van der Waals surface area contributed by atoms with Crippen molar-refractivity contribution < 1.29 is 4.79 Å². The van der Waals surface area contributed by atoms with E-state index in [0.717, 1.165) is 6.42 Å². The first-order chi connectivity index (χ1) is 4.83. The molecule has 54 valence electrons. The molecule has 0 aromatic carbocycles. The summed E-state index contributed by atoms with van der Waals surface area (Å²) in [6, 6.07) is 0. The monoisotopic (exact) mass is 137 g/mol. The van der Waals surface area contributed by atoms with Crippen molar-refractivity contribution in [2.24, 2.45) is 23.5 Å². The van der Waals surface area contributed by atoms with E-state index in [2.05, 4.69) is 0 Å². The van der Waals surface area contributed by atoms with Crippen molar-refractivity contribution in [3.63, 3.8) is 0 Å². The molecule has 10 heavy (non-hydrogen) atoms. The van der Waals surface area contributed by atoms with Gasteiger partial charge in [-0.25, -0.2) is 0 Å². The Morgan fingerprint density at radius 2 is 2.40 bits per heavy atom. The van der Waals surface area contributed by atoms with Crippen LogP contribution in [-0.2, 0) is 4.79 Å². The summed E-state index contributed by atoms with van der Waals surface area (Å²) in [6.07, 6.45) is 5.05. The number of hydrogen-bond donors (Lipinski definition) is 1. The van der Waals surface area contributed by atoms with Crippen LogP contribution < -0.4 is 5.73 Å². The number of hydrogen-bond acceptors (Lipinski definition) is 2.